The largest absolute Gasteiger partial charge is 0.490 e. The van der Waals surface area contributed by atoms with Crippen molar-refractivity contribution in [3.8, 4) is 5.75 Å². The van der Waals surface area contributed by atoms with Crippen molar-refractivity contribution in [1.29, 1.82) is 0 Å². The number of hydrogen-bond acceptors (Lipinski definition) is 5. The molecule has 0 N–H and O–H groups in total. The van der Waals surface area contributed by atoms with Crippen molar-refractivity contribution >= 4 is 15.8 Å². The molecule has 21 heavy (non-hydrogen) atoms. The monoisotopic (exact) mass is 316 g/mol. The second-order valence-corrected chi connectivity index (χ2v) is 7.26. The lowest BCUT2D eigenvalue weighted by atomic mass is 9.92. The topological polar surface area (TPSA) is 69.7 Å². The maximum atomic E-state index is 13.5. The van der Waals surface area contributed by atoms with Crippen LogP contribution in [0.1, 0.15) is 6.42 Å². The molecule has 0 aliphatic carbocycles. The third-order valence-electron chi connectivity index (χ3n) is 3.60. The number of hydrogen-bond donors (Lipinski definition) is 0. The molecule has 0 spiro atoms. The fourth-order valence-electron chi connectivity index (χ4n) is 2.43. The number of benzene rings is 1. The van der Waals surface area contributed by atoms with Crippen LogP contribution in [0.2, 0.25) is 0 Å². The van der Waals surface area contributed by atoms with Gasteiger partial charge in [-0.1, -0.05) is 12.1 Å². The zero-order valence-electron chi connectivity index (χ0n) is 11.6. The highest BCUT2D eigenvalue weighted by atomic mass is 32.2. The van der Waals surface area contributed by atoms with Crippen molar-refractivity contribution in [2.75, 3.05) is 25.2 Å². The summed E-state index contributed by atoms with van der Waals surface area (Å²) in [5.74, 6) is -2.10. The third-order valence-corrected chi connectivity index (χ3v) is 5.39. The van der Waals surface area contributed by atoms with Crippen LogP contribution in [-0.2, 0) is 19.4 Å². The van der Waals surface area contributed by atoms with Crippen LogP contribution in [-0.4, -0.2) is 39.6 Å². The SMILES string of the molecule is COC(=O)C(COc1ccccc1F)C1CCS(=O)(=O)C1. The molecule has 2 unspecified atom stereocenters. The molecule has 116 valence electrons. The normalized spacial score (nSPS) is 21.7. The average molecular weight is 316 g/mol. The molecule has 1 saturated heterocycles. The van der Waals surface area contributed by atoms with E-state index in [0.717, 1.165) is 0 Å². The van der Waals surface area contributed by atoms with Crippen molar-refractivity contribution in [1.82, 2.24) is 0 Å². The summed E-state index contributed by atoms with van der Waals surface area (Å²) in [7, 11) is -1.87. The van der Waals surface area contributed by atoms with Crippen LogP contribution < -0.4 is 4.74 Å². The van der Waals surface area contributed by atoms with Gasteiger partial charge in [0.1, 0.15) is 6.61 Å². The van der Waals surface area contributed by atoms with Gasteiger partial charge in [-0.15, -0.1) is 0 Å². The molecule has 5 nitrogen and oxygen atoms in total. The lowest BCUT2D eigenvalue weighted by molar-refractivity contribution is -0.148. The number of esters is 1. The first-order valence-electron chi connectivity index (χ1n) is 6.58. The number of methoxy groups -OCH3 is 1. The summed E-state index contributed by atoms with van der Waals surface area (Å²) in [5.41, 5.74) is 0. The number of ether oxygens (including phenoxy) is 2. The van der Waals surface area contributed by atoms with Crippen LogP contribution in [0.5, 0.6) is 5.75 Å². The molecule has 1 aromatic carbocycles. The number of carbonyl (C=O) groups is 1. The molecule has 1 aliphatic heterocycles. The zero-order chi connectivity index (χ0) is 15.5. The number of para-hydroxylation sites is 1. The maximum absolute atomic E-state index is 13.5. The molecule has 7 heteroatoms. The van der Waals surface area contributed by atoms with Gasteiger partial charge in [-0.2, -0.15) is 0 Å². The van der Waals surface area contributed by atoms with E-state index < -0.39 is 27.5 Å². The molecule has 0 aromatic heterocycles. The van der Waals surface area contributed by atoms with E-state index in [9.17, 15) is 17.6 Å². The molecule has 0 saturated carbocycles. The molecule has 1 fully saturated rings. The summed E-state index contributed by atoms with van der Waals surface area (Å²) in [6, 6.07) is 5.85. The lowest BCUT2D eigenvalue weighted by Gasteiger charge is -2.20. The first kappa shape index (κ1) is 15.8. The van der Waals surface area contributed by atoms with Gasteiger partial charge in [-0.05, 0) is 24.5 Å². The Labute approximate surface area is 123 Å². The first-order chi connectivity index (χ1) is 9.93. The van der Waals surface area contributed by atoms with Crippen molar-refractivity contribution < 1.29 is 27.1 Å². The molecule has 2 rings (SSSR count). The molecular weight excluding hydrogens is 299 g/mol. The van der Waals surface area contributed by atoms with Gasteiger partial charge in [-0.25, -0.2) is 12.8 Å². The molecule has 1 heterocycles. The Hall–Kier alpha value is -1.63. The predicted octanol–water partition coefficient (Wildman–Crippen LogP) is 1.43. The Morgan fingerprint density at radius 1 is 1.43 bits per heavy atom. The minimum absolute atomic E-state index is 0.0345. The minimum Gasteiger partial charge on any atom is -0.490 e. The van der Waals surface area contributed by atoms with Gasteiger partial charge in [-0.3, -0.25) is 4.79 Å². The summed E-state index contributed by atoms with van der Waals surface area (Å²) < 4.78 is 46.6. The highest BCUT2D eigenvalue weighted by Gasteiger charge is 2.38. The van der Waals surface area contributed by atoms with E-state index in [1.54, 1.807) is 6.07 Å². The summed E-state index contributed by atoms with van der Waals surface area (Å²) >= 11 is 0. The van der Waals surface area contributed by atoms with Crippen LogP contribution in [0.4, 0.5) is 4.39 Å². The van der Waals surface area contributed by atoms with E-state index in [1.165, 1.54) is 25.3 Å². The molecule has 0 radical (unpaired) electrons. The maximum Gasteiger partial charge on any atom is 0.312 e. The molecule has 2 atom stereocenters. The predicted molar refractivity (Wildman–Crippen MR) is 74.2 cm³/mol. The molecule has 1 aromatic rings. The highest BCUT2D eigenvalue weighted by Crippen LogP contribution is 2.28. The standard InChI is InChI=1S/C14H17FO5S/c1-19-14(16)11(10-6-7-21(17,18)9-10)8-20-13-5-3-2-4-12(13)15/h2-5,10-11H,6-9H2,1H3. The summed E-state index contributed by atoms with van der Waals surface area (Å²) in [6.45, 7) is -0.103. The third kappa shape index (κ3) is 3.93. The quantitative estimate of drug-likeness (QED) is 0.769. The summed E-state index contributed by atoms with van der Waals surface area (Å²) in [5, 5.41) is 0. The van der Waals surface area contributed by atoms with Crippen molar-refractivity contribution in [3.05, 3.63) is 30.1 Å². The van der Waals surface area contributed by atoms with Gasteiger partial charge in [0.15, 0.2) is 21.4 Å². The Morgan fingerprint density at radius 3 is 2.71 bits per heavy atom. The van der Waals surface area contributed by atoms with E-state index >= 15 is 0 Å². The van der Waals surface area contributed by atoms with Crippen LogP contribution in [0.15, 0.2) is 24.3 Å². The molecule has 0 bridgehead atoms. The van der Waals surface area contributed by atoms with E-state index in [0.29, 0.717) is 6.42 Å². The van der Waals surface area contributed by atoms with Gasteiger partial charge in [0.05, 0.1) is 24.5 Å². The lowest BCUT2D eigenvalue weighted by Crippen LogP contribution is -2.31. The number of carbonyl (C=O) groups excluding carboxylic acids is 1. The summed E-state index contributed by atoms with van der Waals surface area (Å²) in [4.78, 5) is 11.8. The average Bonchev–Trinajstić information content (AvgIpc) is 2.80. The van der Waals surface area contributed by atoms with Crippen LogP contribution in [0, 0.1) is 17.7 Å². The Balaban J connectivity index is 2.08. The van der Waals surface area contributed by atoms with Gasteiger partial charge in [0.25, 0.3) is 0 Å². The molecule has 0 amide bonds. The number of sulfone groups is 1. The van der Waals surface area contributed by atoms with E-state index in [2.05, 4.69) is 0 Å². The van der Waals surface area contributed by atoms with E-state index in [1.807, 2.05) is 0 Å². The summed E-state index contributed by atoms with van der Waals surface area (Å²) in [6.07, 6.45) is 0.392. The van der Waals surface area contributed by atoms with Crippen molar-refractivity contribution in [2.24, 2.45) is 11.8 Å². The second-order valence-electron chi connectivity index (χ2n) is 5.03. The van der Waals surface area contributed by atoms with E-state index in [-0.39, 0.29) is 29.8 Å². The fraction of sp³-hybridized carbons (Fsp3) is 0.500. The highest BCUT2D eigenvalue weighted by molar-refractivity contribution is 7.91. The number of rotatable bonds is 5. The van der Waals surface area contributed by atoms with Crippen LogP contribution in [0.3, 0.4) is 0 Å². The molecular formula is C14H17FO5S. The van der Waals surface area contributed by atoms with Crippen LogP contribution in [0.25, 0.3) is 0 Å². The smallest absolute Gasteiger partial charge is 0.312 e. The van der Waals surface area contributed by atoms with Gasteiger partial charge >= 0.3 is 5.97 Å². The minimum atomic E-state index is -3.11. The molecule has 1 aliphatic rings. The Bertz CT molecular complexity index is 614. The van der Waals surface area contributed by atoms with Gasteiger partial charge < -0.3 is 9.47 Å². The van der Waals surface area contributed by atoms with Crippen molar-refractivity contribution in [2.45, 2.75) is 6.42 Å². The van der Waals surface area contributed by atoms with E-state index in [4.69, 9.17) is 9.47 Å². The Kier molecular flexibility index (Phi) is 4.82. The van der Waals surface area contributed by atoms with Crippen molar-refractivity contribution in [3.63, 3.8) is 0 Å². The Morgan fingerprint density at radius 2 is 2.14 bits per heavy atom. The number of halogens is 1. The van der Waals surface area contributed by atoms with Crippen LogP contribution >= 0.6 is 0 Å². The van der Waals surface area contributed by atoms with Gasteiger partial charge in [0, 0.05) is 0 Å². The van der Waals surface area contributed by atoms with Gasteiger partial charge in [0.2, 0.25) is 0 Å². The zero-order valence-corrected chi connectivity index (χ0v) is 12.4. The first-order valence-corrected chi connectivity index (χ1v) is 8.40. The second kappa shape index (κ2) is 6.43. The fourth-order valence-corrected chi connectivity index (χ4v) is 4.31.